The molecule has 1 fully saturated rings. The number of carboxylic acid groups (broad SMARTS) is 1. The maximum atomic E-state index is 11.7. The summed E-state index contributed by atoms with van der Waals surface area (Å²) in [4.78, 5) is 22.1. The van der Waals surface area contributed by atoms with Gasteiger partial charge in [0, 0.05) is 6.54 Å². The van der Waals surface area contributed by atoms with Crippen LogP contribution in [0.3, 0.4) is 0 Å². The third-order valence-corrected chi connectivity index (χ3v) is 3.98. The lowest BCUT2D eigenvalue weighted by atomic mass is 10.2. The maximum absolute atomic E-state index is 11.7. The predicted octanol–water partition coefficient (Wildman–Crippen LogP) is -2.03. The highest BCUT2D eigenvalue weighted by Gasteiger charge is 2.36. The van der Waals surface area contributed by atoms with Crippen LogP contribution < -0.4 is 5.32 Å². The third-order valence-electron chi connectivity index (χ3n) is 2.69. The zero-order valence-electron chi connectivity index (χ0n) is 9.87. The number of carbonyl (C=O) groups is 2. The van der Waals surface area contributed by atoms with Crippen molar-refractivity contribution in [2.45, 2.75) is 25.0 Å². The summed E-state index contributed by atoms with van der Waals surface area (Å²) in [5, 5.41) is 19.7. The summed E-state index contributed by atoms with van der Waals surface area (Å²) in [5.41, 5.74) is 0. The van der Waals surface area contributed by atoms with Crippen molar-refractivity contribution in [1.82, 2.24) is 9.62 Å². The number of carboxylic acids is 1. The second kappa shape index (κ2) is 5.63. The van der Waals surface area contributed by atoms with Gasteiger partial charge in [-0.05, 0) is 12.8 Å². The standard InChI is InChI=1S/C9H16N2O6S/c1-18(16,17)11-4-2-3-6(11)8(13)10-5-7(12)9(14)15/h6-7,12H,2-5H2,1H3,(H,10,13)(H,14,15). The molecule has 1 heterocycles. The topological polar surface area (TPSA) is 124 Å². The van der Waals surface area contributed by atoms with Gasteiger partial charge in [-0.1, -0.05) is 0 Å². The molecular formula is C9H16N2O6S. The van der Waals surface area contributed by atoms with Gasteiger partial charge >= 0.3 is 5.97 Å². The van der Waals surface area contributed by atoms with Gasteiger partial charge in [-0.2, -0.15) is 4.31 Å². The first-order valence-electron chi connectivity index (χ1n) is 5.39. The van der Waals surface area contributed by atoms with Gasteiger partial charge in [-0.15, -0.1) is 0 Å². The quantitative estimate of drug-likeness (QED) is 0.533. The average Bonchev–Trinajstić information content (AvgIpc) is 2.73. The number of aliphatic hydroxyl groups excluding tert-OH is 1. The number of nitrogens with zero attached hydrogens (tertiary/aromatic N) is 1. The predicted molar refractivity (Wildman–Crippen MR) is 61.2 cm³/mol. The first-order valence-corrected chi connectivity index (χ1v) is 7.23. The van der Waals surface area contributed by atoms with Crippen LogP contribution in [0, 0.1) is 0 Å². The van der Waals surface area contributed by atoms with Crippen LogP contribution in [0.5, 0.6) is 0 Å². The molecule has 1 saturated heterocycles. The van der Waals surface area contributed by atoms with Crippen molar-refractivity contribution in [3.8, 4) is 0 Å². The molecule has 0 bridgehead atoms. The zero-order chi connectivity index (χ0) is 13.9. The Morgan fingerprint density at radius 1 is 1.50 bits per heavy atom. The highest BCUT2D eigenvalue weighted by atomic mass is 32.2. The van der Waals surface area contributed by atoms with Crippen molar-refractivity contribution in [1.29, 1.82) is 0 Å². The molecule has 0 aromatic rings. The molecule has 0 radical (unpaired) electrons. The molecule has 8 nitrogen and oxygen atoms in total. The Bertz CT molecular complexity index is 434. The Balaban J connectivity index is 2.59. The van der Waals surface area contributed by atoms with Crippen LogP contribution in [-0.4, -0.2) is 66.3 Å². The van der Waals surface area contributed by atoms with Crippen LogP contribution in [0.2, 0.25) is 0 Å². The van der Waals surface area contributed by atoms with Crippen LogP contribution in [0.25, 0.3) is 0 Å². The number of nitrogens with one attached hydrogen (secondary N) is 1. The largest absolute Gasteiger partial charge is 0.479 e. The van der Waals surface area contributed by atoms with Crippen LogP contribution in [-0.2, 0) is 19.6 Å². The molecule has 2 unspecified atom stereocenters. The summed E-state index contributed by atoms with van der Waals surface area (Å²) in [6.07, 6.45) is 0.293. The smallest absolute Gasteiger partial charge is 0.334 e. The minimum atomic E-state index is -3.46. The van der Waals surface area contributed by atoms with Crippen molar-refractivity contribution in [2.75, 3.05) is 19.3 Å². The van der Waals surface area contributed by atoms with Gasteiger partial charge in [0.05, 0.1) is 12.8 Å². The minimum Gasteiger partial charge on any atom is -0.479 e. The Morgan fingerprint density at radius 3 is 2.61 bits per heavy atom. The SMILES string of the molecule is CS(=O)(=O)N1CCCC1C(=O)NCC(O)C(=O)O. The summed E-state index contributed by atoms with van der Waals surface area (Å²) in [7, 11) is -3.46. The Hall–Kier alpha value is -1.19. The number of rotatable bonds is 5. The molecule has 0 saturated carbocycles. The van der Waals surface area contributed by atoms with E-state index in [0.717, 1.165) is 10.6 Å². The van der Waals surface area contributed by atoms with Gasteiger partial charge in [0.2, 0.25) is 15.9 Å². The summed E-state index contributed by atoms with van der Waals surface area (Å²) in [5.74, 6) is -2.03. The van der Waals surface area contributed by atoms with E-state index in [9.17, 15) is 18.0 Å². The third kappa shape index (κ3) is 3.65. The number of hydrogen-bond donors (Lipinski definition) is 3. The van der Waals surface area contributed by atoms with Gasteiger partial charge in [0.1, 0.15) is 6.04 Å². The minimum absolute atomic E-state index is 0.276. The number of amides is 1. The van der Waals surface area contributed by atoms with E-state index in [1.165, 1.54) is 0 Å². The summed E-state index contributed by atoms with van der Waals surface area (Å²) < 4.78 is 23.9. The fourth-order valence-corrected chi connectivity index (χ4v) is 2.93. The van der Waals surface area contributed by atoms with Crippen LogP contribution in [0.4, 0.5) is 0 Å². The molecule has 2 atom stereocenters. The van der Waals surface area contributed by atoms with Gasteiger partial charge in [-0.25, -0.2) is 13.2 Å². The number of hydrogen-bond acceptors (Lipinski definition) is 5. The van der Waals surface area contributed by atoms with Crippen molar-refractivity contribution >= 4 is 21.9 Å². The normalized spacial score (nSPS) is 22.7. The molecule has 104 valence electrons. The fourth-order valence-electron chi connectivity index (χ4n) is 1.80. The Labute approximate surface area is 105 Å². The summed E-state index contributed by atoms with van der Waals surface area (Å²) in [6, 6.07) is -0.819. The summed E-state index contributed by atoms with van der Waals surface area (Å²) in [6.45, 7) is -0.166. The van der Waals surface area contributed by atoms with Gasteiger partial charge in [0.25, 0.3) is 0 Å². The first kappa shape index (κ1) is 14.9. The average molecular weight is 280 g/mol. The fraction of sp³-hybridized carbons (Fsp3) is 0.778. The molecule has 0 aromatic carbocycles. The number of aliphatic carboxylic acids is 1. The van der Waals surface area contributed by atoms with Crippen molar-refractivity contribution in [3.05, 3.63) is 0 Å². The van der Waals surface area contributed by atoms with E-state index in [-0.39, 0.29) is 6.54 Å². The molecule has 1 aliphatic heterocycles. The lowest BCUT2D eigenvalue weighted by Crippen LogP contribution is -2.48. The monoisotopic (exact) mass is 280 g/mol. The number of aliphatic hydroxyl groups is 1. The van der Waals surface area contributed by atoms with Gasteiger partial charge < -0.3 is 15.5 Å². The number of carbonyl (C=O) groups excluding carboxylic acids is 1. The molecule has 3 N–H and O–H groups in total. The van der Waals surface area contributed by atoms with Crippen molar-refractivity contribution < 1.29 is 28.2 Å². The van der Waals surface area contributed by atoms with E-state index in [4.69, 9.17) is 10.2 Å². The molecule has 0 aliphatic carbocycles. The van der Waals surface area contributed by atoms with Crippen LogP contribution >= 0.6 is 0 Å². The van der Waals surface area contributed by atoms with E-state index in [2.05, 4.69) is 5.32 Å². The van der Waals surface area contributed by atoms with E-state index >= 15 is 0 Å². The van der Waals surface area contributed by atoms with Crippen LogP contribution in [0.1, 0.15) is 12.8 Å². The lowest BCUT2D eigenvalue weighted by molar-refractivity contribution is -0.146. The molecule has 1 amide bonds. The Kier molecular flexibility index (Phi) is 4.65. The molecule has 9 heteroatoms. The maximum Gasteiger partial charge on any atom is 0.334 e. The second-order valence-electron chi connectivity index (χ2n) is 4.13. The van der Waals surface area contributed by atoms with E-state index < -0.39 is 40.6 Å². The number of sulfonamides is 1. The lowest BCUT2D eigenvalue weighted by Gasteiger charge is -2.21. The molecule has 0 spiro atoms. The van der Waals surface area contributed by atoms with Gasteiger partial charge in [0.15, 0.2) is 6.10 Å². The molecular weight excluding hydrogens is 264 g/mol. The van der Waals surface area contributed by atoms with Crippen LogP contribution in [0.15, 0.2) is 0 Å². The van der Waals surface area contributed by atoms with E-state index in [0.29, 0.717) is 12.8 Å². The molecule has 1 rings (SSSR count). The summed E-state index contributed by atoms with van der Waals surface area (Å²) >= 11 is 0. The van der Waals surface area contributed by atoms with Crippen molar-refractivity contribution in [2.24, 2.45) is 0 Å². The molecule has 1 aliphatic rings. The van der Waals surface area contributed by atoms with Gasteiger partial charge in [-0.3, -0.25) is 4.79 Å². The molecule has 0 aromatic heterocycles. The van der Waals surface area contributed by atoms with E-state index in [1.807, 2.05) is 0 Å². The van der Waals surface area contributed by atoms with Crippen molar-refractivity contribution in [3.63, 3.8) is 0 Å². The molecule has 18 heavy (non-hydrogen) atoms. The zero-order valence-corrected chi connectivity index (χ0v) is 10.7. The highest BCUT2D eigenvalue weighted by Crippen LogP contribution is 2.20. The highest BCUT2D eigenvalue weighted by molar-refractivity contribution is 7.88. The first-order chi connectivity index (χ1) is 8.23. The van der Waals surface area contributed by atoms with E-state index in [1.54, 1.807) is 0 Å². The Morgan fingerprint density at radius 2 is 2.11 bits per heavy atom. The second-order valence-corrected chi connectivity index (χ2v) is 6.07.